The van der Waals surface area contributed by atoms with Gasteiger partial charge in [-0.05, 0) is 26.2 Å². The molecular weight excluding hydrogens is 294 g/mol. The Bertz CT molecular complexity index is 437. The molecule has 1 atom stereocenters. The molecule has 6 nitrogen and oxygen atoms in total. The lowest BCUT2D eigenvalue weighted by atomic mass is 10.0. The van der Waals surface area contributed by atoms with Crippen LogP contribution in [0.15, 0.2) is 0 Å². The summed E-state index contributed by atoms with van der Waals surface area (Å²) < 4.78 is 0. The van der Waals surface area contributed by atoms with Gasteiger partial charge in [-0.3, -0.25) is 14.5 Å². The predicted molar refractivity (Wildman–Crippen MR) is 88.9 cm³/mol. The van der Waals surface area contributed by atoms with Crippen LogP contribution in [-0.4, -0.2) is 82.5 Å². The standard InChI is InChI=1S/C17H31N3O3/c1-13(2)15(20-7-5-6-14(20)21)16(22)19-10-8-18(9-11-19)12-17(3,4)23/h13,15,23H,5-12H2,1-4H3/t15-/m1/s1. The highest BCUT2D eigenvalue weighted by atomic mass is 16.3. The van der Waals surface area contributed by atoms with Crippen LogP contribution in [-0.2, 0) is 9.59 Å². The number of carbonyl (C=O) groups excluding carboxylic acids is 2. The predicted octanol–water partition coefficient (Wildman–Crippen LogP) is 0.549. The second kappa shape index (κ2) is 7.18. The van der Waals surface area contributed by atoms with E-state index < -0.39 is 5.60 Å². The zero-order chi connectivity index (χ0) is 17.2. The zero-order valence-corrected chi connectivity index (χ0v) is 14.9. The Hall–Kier alpha value is -1.14. The number of amides is 2. The molecule has 0 aromatic rings. The number of nitrogens with zero attached hydrogens (tertiary/aromatic N) is 3. The molecule has 0 saturated carbocycles. The summed E-state index contributed by atoms with van der Waals surface area (Å²) >= 11 is 0. The van der Waals surface area contributed by atoms with Crippen molar-refractivity contribution in [3.63, 3.8) is 0 Å². The first-order valence-corrected chi connectivity index (χ1v) is 8.72. The number of likely N-dealkylation sites (tertiary alicyclic amines) is 1. The Morgan fingerprint density at radius 2 is 1.78 bits per heavy atom. The van der Waals surface area contributed by atoms with Crippen molar-refractivity contribution in [1.82, 2.24) is 14.7 Å². The van der Waals surface area contributed by atoms with E-state index in [0.29, 0.717) is 32.6 Å². The Morgan fingerprint density at radius 1 is 1.17 bits per heavy atom. The van der Waals surface area contributed by atoms with Crippen LogP contribution in [0.2, 0.25) is 0 Å². The maximum absolute atomic E-state index is 12.9. The molecule has 2 aliphatic heterocycles. The summed E-state index contributed by atoms with van der Waals surface area (Å²) in [6.45, 7) is 11.8. The van der Waals surface area contributed by atoms with E-state index in [0.717, 1.165) is 19.5 Å². The van der Waals surface area contributed by atoms with Gasteiger partial charge in [-0.25, -0.2) is 0 Å². The molecule has 0 aromatic carbocycles. The summed E-state index contributed by atoms with van der Waals surface area (Å²) in [4.78, 5) is 30.8. The van der Waals surface area contributed by atoms with Gasteiger partial charge in [0.1, 0.15) is 6.04 Å². The second-order valence-corrected chi connectivity index (χ2v) is 7.79. The van der Waals surface area contributed by atoms with Crippen molar-refractivity contribution in [2.24, 2.45) is 5.92 Å². The highest BCUT2D eigenvalue weighted by molar-refractivity contribution is 5.89. The average Bonchev–Trinajstić information content (AvgIpc) is 2.84. The minimum Gasteiger partial charge on any atom is -0.389 e. The van der Waals surface area contributed by atoms with Crippen molar-refractivity contribution < 1.29 is 14.7 Å². The maximum Gasteiger partial charge on any atom is 0.245 e. The van der Waals surface area contributed by atoms with Crippen molar-refractivity contribution in [3.05, 3.63) is 0 Å². The summed E-state index contributed by atoms with van der Waals surface area (Å²) in [5.41, 5.74) is -0.714. The molecule has 2 saturated heterocycles. The Kier molecular flexibility index (Phi) is 5.68. The smallest absolute Gasteiger partial charge is 0.245 e. The number of aliphatic hydroxyl groups is 1. The zero-order valence-electron chi connectivity index (χ0n) is 14.9. The summed E-state index contributed by atoms with van der Waals surface area (Å²) in [5, 5.41) is 9.91. The van der Waals surface area contributed by atoms with Gasteiger partial charge >= 0.3 is 0 Å². The second-order valence-electron chi connectivity index (χ2n) is 7.79. The number of rotatable bonds is 5. The molecule has 23 heavy (non-hydrogen) atoms. The fourth-order valence-corrected chi connectivity index (χ4v) is 3.60. The first-order chi connectivity index (χ1) is 10.7. The first-order valence-electron chi connectivity index (χ1n) is 8.72. The summed E-state index contributed by atoms with van der Waals surface area (Å²) in [6, 6.07) is -0.328. The van der Waals surface area contributed by atoms with E-state index >= 15 is 0 Å². The van der Waals surface area contributed by atoms with E-state index in [-0.39, 0.29) is 23.8 Å². The van der Waals surface area contributed by atoms with E-state index in [4.69, 9.17) is 0 Å². The summed E-state index contributed by atoms with van der Waals surface area (Å²) in [7, 11) is 0. The van der Waals surface area contributed by atoms with Gasteiger partial charge in [-0.1, -0.05) is 13.8 Å². The largest absolute Gasteiger partial charge is 0.389 e. The number of hydrogen-bond donors (Lipinski definition) is 1. The molecule has 2 fully saturated rings. The van der Waals surface area contributed by atoms with E-state index in [1.54, 1.807) is 18.7 Å². The van der Waals surface area contributed by atoms with Crippen LogP contribution < -0.4 is 0 Å². The molecular formula is C17H31N3O3. The third-order valence-corrected chi connectivity index (χ3v) is 4.62. The lowest BCUT2D eigenvalue weighted by molar-refractivity contribution is -0.146. The molecule has 6 heteroatoms. The lowest BCUT2D eigenvalue weighted by Crippen LogP contribution is -2.57. The fourth-order valence-electron chi connectivity index (χ4n) is 3.60. The highest BCUT2D eigenvalue weighted by Crippen LogP contribution is 2.21. The monoisotopic (exact) mass is 325 g/mol. The van der Waals surface area contributed by atoms with E-state index in [9.17, 15) is 14.7 Å². The minimum absolute atomic E-state index is 0.0816. The van der Waals surface area contributed by atoms with Gasteiger partial charge in [0.25, 0.3) is 0 Å². The SMILES string of the molecule is CC(C)[C@H](C(=O)N1CCN(CC(C)(C)O)CC1)N1CCCC1=O. The number of hydrogen-bond acceptors (Lipinski definition) is 4. The van der Waals surface area contributed by atoms with Crippen molar-refractivity contribution in [2.45, 2.75) is 52.2 Å². The molecule has 2 aliphatic rings. The van der Waals surface area contributed by atoms with Crippen LogP contribution in [0.5, 0.6) is 0 Å². The highest BCUT2D eigenvalue weighted by Gasteiger charge is 2.38. The maximum atomic E-state index is 12.9. The summed E-state index contributed by atoms with van der Waals surface area (Å²) in [5.74, 6) is 0.315. The number of β-amino-alcohol motifs (C(OH)–C–C–N with tert-alkyl or cyclic N) is 1. The fraction of sp³-hybridized carbons (Fsp3) is 0.882. The van der Waals surface area contributed by atoms with E-state index in [1.165, 1.54) is 0 Å². The molecule has 132 valence electrons. The van der Waals surface area contributed by atoms with Gasteiger partial charge in [0.05, 0.1) is 5.60 Å². The Morgan fingerprint density at radius 3 is 2.22 bits per heavy atom. The third kappa shape index (κ3) is 4.67. The van der Waals surface area contributed by atoms with Crippen LogP contribution in [0.4, 0.5) is 0 Å². The summed E-state index contributed by atoms with van der Waals surface area (Å²) in [6.07, 6.45) is 1.42. The van der Waals surface area contributed by atoms with Gasteiger partial charge in [0.15, 0.2) is 0 Å². The van der Waals surface area contributed by atoms with Crippen LogP contribution in [0, 0.1) is 5.92 Å². The molecule has 0 radical (unpaired) electrons. The number of carbonyl (C=O) groups is 2. The normalized spacial score (nSPS) is 22.1. The molecule has 2 heterocycles. The van der Waals surface area contributed by atoms with Crippen molar-refractivity contribution in [2.75, 3.05) is 39.3 Å². The topological polar surface area (TPSA) is 64.1 Å². The van der Waals surface area contributed by atoms with Crippen molar-refractivity contribution >= 4 is 11.8 Å². The molecule has 0 aliphatic carbocycles. The van der Waals surface area contributed by atoms with Gasteiger partial charge < -0.3 is 14.9 Å². The number of piperazine rings is 1. The van der Waals surface area contributed by atoms with Crippen molar-refractivity contribution in [3.8, 4) is 0 Å². The van der Waals surface area contributed by atoms with Gasteiger partial charge in [0.2, 0.25) is 11.8 Å². The molecule has 0 unspecified atom stereocenters. The molecule has 0 bridgehead atoms. The third-order valence-electron chi connectivity index (χ3n) is 4.62. The molecule has 2 rings (SSSR count). The Balaban J connectivity index is 1.95. The molecule has 1 N–H and O–H groups in total. The van der Waals surface area contributed by atoms with Gasteiger partial charge in [-0.15, -0.1) is 0 Å². The van der Waals surface area contributed by atoms with E-state index in [2.05, 4.69) is 4.90 Å². The van der Waals surface area contributed by atoms with Crippen LogP contribution in [0.3, 0.4) is 0 Å². The lowest BCUT2D eigenvalue weighted by Gasteiger charge is -2.40. The minimum atomic E-state index is -0.714. The van der Waals surface area contributed by atoms with Gasteiger partial charge in [0, 0.05) is 45.7 Å². The molecule has 0 aromatic heterocycles. The van der Waals surface area contributed by atoms with Crippen LogP contribution >= 0.6 is 0 Å². The Labute approximate surface area is 139 Å². The molecule has 2 amide bonds. The van der Waals surface area contributed by atoms with Crippen molar-refractivity contribution in [1.29, 1.82) is 0 Å². The van der Waals surface area contributed by atoms with Crippen LogP contribution in [0.25, 0.3) is 0 Å². The first kappa shape index (κ1) is 18.2. The quantitative estimate of drug-likeness (QED) is 0.802. The van der Waals surface area contributed by atoms with E-state index in [1.807, 2.05) is 18.7 Å². The average molecular weight is 325 g/mol. The molecule has 0 spiro atoms. The van der Waals surface area contributed by atoms with Crippen LogP contribution in [0.1, 0.15) is 40.5 Å². The van der Waals surface area contributed by atoms with Gasteiger partial charge in [-0.2, -0.15) is 0 Å².